The van der Waals surface area contributed by atoms with Gasteiger partial charge in [0.2, 0.25) is 11.8 Å². The van der Waals surface area contributed by atoms with E-state index in [1.165, 1.54) is 0 Å². The summed E-state index contributed by atoms with van der Waals surface area (Å²) in [5.74, 6) is -1.59. The molecule has 1 aliphatic rings. The fraction of sp³-hybridized carbons (Fsp3) is 0.733. The molecule has 0 bridgehead atoms. The number of hydrogen-bond acceptors (Lipinski definition) is 6. The van der Waals surface area contributed by atoms with Crippen molar-refractivity contribution in [3.8, 4) is 0 Å². The smallest absolute Gasteiger partial charge is 0.426 e. The van der Waals surface area contributed by atoms with Crippen LogP contribution < -0.4 is 27.2 Å². The van der Waals surface area contributed by atoms with Gasteiger partial charge in [-0.15, -0.1) is 0 Å². The lowest BCUT2D eigenvalue weighted by Crippen LogP contribution is -2.55. The van der Waals surface area contributed by atoms with Crippen molar-refractivity contribution in [3.05, 3.63) is 0 Å². The van der Waals surface area contributed by atoms with E-state index < -0.39 is 29.6 Å². The number of nitrogens with two attached hydrogens (primary N) is 1. The van der Waals surface area contributed by atoms with Crippen LogP contribution in [0.25, 0.3) is 0 Å². The number of hydrogen-bond donors (Lipinski definition) is 5. The Labute approximate surface area is 146 Å². The largest absolute Gasteiger partial charge is 0.443 e. The highest BCUT2D eigenvalue weighted by Crippen LogP contribution is 2.07. The van der Waals surface area contributed by atoms with E-state index in [0.29, 0.717) is 6.42 Å². The van der Waals surface area contributed by atoms with Crippen LogP contribution in [-0.4, -0.2) is 48.0 Å². The van der Waals surface area contributed by atoms with E-state index in [-0.39, 0.29) is 24.8 Å². The van der Waals surface area contributed by atoms with Gasteiger partial charge in [0.05, 0.1) is 6.04 Å². The van der Waals surface area contributed by atoms with Crippen molar-refractivity contribution < 1.29 is 23.9 Å². The summed E-state index contributed by atoms with van der Waals surface area (Å²) in [4.78, 5) is 46.9. The summed E-state index contributed by atoms with van der Waals surface area (Å²) in [6.07, 6.45) is 0.652. The number of amides is 4. The van der Waals surface area contributed by atoms with Gasteiger partial charge in [0.15, 0.2) is 0 Å². The molecule has 10 nitrogen and oxygen atoms in total. The average molecular weight is 357 g/mol. The Morgan fingerprint density at radius 2 is 1.92 bits per heavy atom. The van der Waals surface area contributed by atoms with E-state index in [0.717, 1.165) is 13.0 Å². The molecule has 0 radical (unpaired) electrons. The van der Waals surface area contributed by atoms with Crippen molar-refractivity contribution in [2.45, 2.75) is 64.1 Å². The minimum Gasteiger partial charge on any atom is -0.443 e. The van der Waals surface area contributed by atoms with E-state index in [2.05, 4.69) is 21.5 Å². The fourth-order valence-corrected chi connectivity index (χ4v) is 2.24. The van der Waals surface area contributed by atoms with Crippen LogP contribution in [0.5, 0.6) is 0 Å². The maximum atomic E-state index is 12.2. The predicted molar refractivity (Wildman–Crippen MR) is 88.9 cm³/mol. The zero-order valence-electron chi connectivity index (χ0n) is 14.8. The van der Waals surface area contributed by atoms with Crippen molar-refractivity contribution in [1.29, 1.82) is 0 Å². The van der Waals surface area contributed by atoms with Crippen LogP contribution in [0, 0.1) is 0 Å². The normalized spacial score (nSPS) is 18.1. The molecular weight excluding hydrogens is 330 g/mol. The van der Waals surface area contributed by atoms with Crippen LogP contribution in [0.2, 0.25) is 0 Å². The van der Waals surface area contributed by atoms with Gasteiger partial charge in [0.1, 0.15) is 11.6 Å². The van der Waals surface area contributed by atoms with Gasteiger partial charge in [-0.2, -0.15) is 0 Å². The third-order valence-electron chi connectivity index (χ3n) is 3.38. The Morgan fingerprint density at radius 1 is 1.24 bits per heavy atom. The lowest BCUT2D eigenvalue weighted by molar-refractivity contribution is -0.131. The summed E-state index contributed by atoms with van der Waals surface area (Å²) in [5.41, 5.74) is 8.66. The van der Waals surface area contributed by atoms with Crippen LogP contribution >= 0.6 is 0 Å². The highest BCUT2D eigenvalue weighted by Gasteiger charge is 2.28. The minimum absolute atomic E-state index is 0.0234. The van der Waals surface area contributed by atoms with Gasteiger partial charge in [0, 0.05) is 6.42 Å². The molecule has 0 aromatic carbocycles. The number of rotatable bonds is 6. The first-order valence-corrected chi connectivity index (χ1v) is 8.19. The van der Waals surface area contributed by atoms with Gasteiger partial charge in [0.25, 0.3) is 5.91 Å². The van der Waals surface area contributed by atoms with Crippen molar-refractivity contribution in [3.63, 3.8) is 0 Å². The maximum Gasteiger partial charge on any atom is 0.426 e. The zero-order valence-corrected chi connectivity index (χ0v) is 14.8. The maximum absolute atomic E-state index is 12.2. The first kappa shape index (κ1) is 20.7. The number of carbonyl (C=O) groups excluding carboxylic acids is 4. The van der Waals surface area contributed by atoms with Crippen LogP contribution in [0.1, 0.15) is 46.5 Å². The summed E-state index contributed by atoms with van der Waals surface area (Å²) in [6, 6.07) is -1.37. The molecule has 142 valence electrons. The standard InChI is InChI=1S/C15H27N5O5/c1-15(2,3)25-14(24)20-19-13(23)10(6-7-11(16)21)18-12(22)9-5-4-8-17-9/h9-10,17H,4-8H2,1-3H3,(H2,16,21)(H,18,22)(H,19,23)(H,20,24)/t9-,10-/m0/s1. The van der Waals surface area contributed by atoms with Crippen LogP contribution in [0.4, 0.5) is 4.79 Å². The summed E-state index contributed by atoms with van der Waals surface area (Å²) in [5, 5.41) is 5.59. The number of nitrogens with one attached hydrogen (secondary N) is 4. The van der Waals surface area contributed by atoms with Crippen molar-refractivity contribution >= 4 is 23.8 Å². The molecule has 4 amide bonds. The Balaban J connectivity index is 2.57. The first-order chi connectivity index (χ1) is 11.6. The molecule has 1 fully saturated rings. The lowest BCUT2D eigenvalue weighted by Gasteiger charge is -2.22. The molecule has 0 aliphatic carbocycles. The SMILES string of the molecule is CC(C)(C)OC(=O)NNC(=O)[C@H](CCC(N)=O)NC(=O)[C@@H]1CCCN1. The second-order valence-corrected chi connectivity index (χ2v) is 6.83. The summed E-state index contributed by atoms with van der Waals surface area (Å²) < 4.78 is 4.99. The summed E-state index contributed by atoms with van der Waals surface area (Å²) in [6.45, 7) is 5.77. The van der Waals surface area contributed by atoms with Crippen molar-refractivity contribution in [2.75, 3.05) is 6.54 Å². The molecule has 0 unspecified atom stereocenters. The van der Waals surface area contributed by atoms with Crippen LogP contribution in [0.15, 0.2) is 0 Å². The topological polar surface area (TPSA) is 152 Å². The molecular formula is C15H27N5O5. The molecule has 0 spiro atoms. The molecule has 0 aromatic rings. The minimum atomic E-state index is -1.00. The molecule has 6 N–H and O–H groups in total. The van der Waals surface area contributed by atoms with Crippen molar-refractivity contribution in [1.82, 2.24) is 21.5 Å². The summed E-state index contributed by atoms with van der Waals surface area (Å²) >= 11 is 0. The Morgan fingerprint density at radius 3 is 2.44 bits per heavy atom. The third-order valence-corrected chi connectivity index (χ3v) is 3.38. The second-order valence-electron chi connectivity index (χ2n) is 6.83. The monoisotopic (exact) mass is 357 g/mol. The van der Waals surface area contributed by atoms with Crippen molar-refractivity contribution in [2.24, 2.45) is 5.73 Å². The van der Waals surface area contributed by atoms with Gasteiger partial charge in [-0.05, 0) is 46.6 Å². The number of carbonyl (C=O) groups is 4. The van der Waals surface area contributed by atoms with E-state index >= 15 is 0 Å². The quantitative estimate of drug-likeness (QED) is 0.386. The Bertz CT molecular complexity index is 511. The first-order valence-electron chi connectivity index (χ1n) is 8.19. The fourth-order valence-electron chi connectivity index (χ4n) is 2.24. The third kappa shape index (κ3) is 8.34. The highest BCUT2D eigenvalue weighted by atomic mass is 16.6. The van der Waals surface area contributed by atoms with Gasteiger partial charge < -0.3 is 21.1 Å². The van der Waals surface area contributed by atoms with E-state index in [1.54, 1.807) is 20.8 Å². The van der Waals surface area contributed by atoms with Crippen LogP contribution in [-0.2, 0) is 19.1 Å². The lowest BCUT2D eigenvalue weighted by atomic mass is 10.1. The Kier molecular flexibility index (Phi) is 7.62. The van der Waals surface area contributed by atoms with Gasteiger partial charge in [-0.25, -0.2) is 10.2 Å². The molecule has 1 rings (SSSR count). The molecule has 25 heavy (non-hydrogen) atoms. The molecule has 1 saturated heterocycles. The van der Waals surface area contributed by atoms with Gasteiger partial charge in [-0.3, -0.25) is 19.8 Å². The van der Waals surface area contributed by atoms with Crippen LogP contribution in [0.3, 0.4) is 0 Å². The molecule has 0 aromatic heterocycles. The Hall–Kier alpha value is -2.36. The number of primary amides is 1. The molecule has 1 heterocycles. The zero-order chi connectivity index (χ0) is 19.0. The molecule has 2 atom stereocenters. The summed E-state index contributed by atoms with van der Waals surface area (Å²) in [7, 11) is 0. The highest BCUT2D eigenvalue weighted by molar-refractivity contribution is 5.91. The molecule has 1 aliphatic heterocycles. The van der Waals surface area contributed by atoms with E-state index in [4.69, 9.17) is 10.5 Å². The average Bonchev–Trinajstić information content (AvgIpc) is 3.01. The van der Waals surface area contributed by atoms with Gasteiger partial charge >= 0.3 is 6.09 Å². The number of hydrazine groups is 1. The van der Waals surface area contributed by atoms with E-state index in [9.17, 15) is 19.2 Å². The molecule has 0 saturated carbocycles. The number of ether oxygens (including phenoxy) is 1. The predicted octanol–water partition coefficient (Wildman–Crippen LogP) is -0.955. The second kappa shape index (κ2) is 9.21. The van der Waals surface area contributed by atoms with Gasteiger partial charge in [-0.1, -0.05) is 0 Å². The molecule has 10 heteroatoms. The van der Waals surface area contributed by atoms with E-state index in [1.807, 2.05) is 0 Å².